The van der Waals surface area contributed by atoms with Crippen LogP contribution in [0.15, 0.2) is 40.3 Å². The highest BCUT2D eigenvalue weighted by atomic mass is 32.2. The lowest BCUT2D eigenvalue weighted by molar-refractivity contribution is 0.182. The van der Waals surface area contributed by atoms with Gasteiger partial charge in [-0.3, -0.25) is 9.36 Å². The summed E-state index contributed by atoms with van der Waals surface area (Å²) in [4.78, 5) is 28.8. The summed E-state index contributed by atoms with van der Waals surface area (Å²) in [7, 11) is 1.54. The maximum absolute atomic E-state index is 12.1. The number of ether oxygens (including phenoxy) is 1. The number of nitrogens with one attached hydrogen (secondary N) is 1. The van der Waals surface area contributed by atoms with E-state index in [9.17, 15) is 9.90 Å². The molecule has 0 unspecified atom stereocenters. The third kappa shape index (κ3) is 5.42. The van der Waals surface area contributed by atoms with Crippen LogP contribution in [0, 0.1) is 6.92 Å². The maximum atomic E-state index is 12.1. The first-order valence-corrected chi connectivity index (χ1v) is 9.70. The van der Waals surface area contributed by atoms with Crippen molar-refractivity contribution in [3.8, 4) is 5.88 Å². The minimum atomic E-state index is -0.367. The SMILES string of the molecule is COCCn1c(SCc2nc(N)nc(Nc3ccccc3C)n2)nc(O)cc1=O. The second-order valence-corrected chi connectivity index (χ2v) is 6.98. The first kappa shape index (κ1) is 20.6. The summed E-state index contributed by atoms with van der Waals surface area (Å²) in [6.07, 6.45) is 0. The fourth-order valence-electron chi connectivity index (χ4n) is 2.49. The molecule has 11 heteroatoms. The van der Waals surface area contributed by atoms with Crippen molar-refractivity contribution in [1.82, 2.24) is 24.5 Å². The van der Waals surface area contributed by atoms with Crippen LogP contribution in [0.4, 0.5) is 17.6 Å². The van der Waals surface area contributed by atoms with Crippen LogP contribution in [-0.4, -0.2) is 43.3 Å². The van der Waals surface area contributed by atoms with E-state index in [2.05, 4.69) is 25.3 Å². The summed E-state index contributed by atoms with van der Waals surface area (Å²) in [6, 6.07) is 8.79. The van der Waals surface area contributed by atoms with Crippen LogP contribution in [0.25, 0.3) is 0 Å². The van der Waals surface area contributed by atoms with Crippen molar-refractivity contribution in [1.29, 1.82) is 0 Å². The van der Waals surface area contributed by atoms with E-state index in [1.807, 2.05) is 31.2 Å². The largest absolute Gasteiger partial charge is 0.493 e. The van der Waals surface area contributed by atoms with E-state index < -0.39 is 0 Å². The number of para-hydroxylation sites is 1. The number of nitrogens with two attached hydrogens (primary N) is 1. The summed E-state index contributed by atoms with van der Waals surface area (Å²) in [6.45, 7) is 2.62. The molecule has 0 amide bonds. The molecule has 4 N–H and O–H groups in total. The van der Waals surface area contributed by atoms with Gasteiger partial charge in [0.1, 0.15) is 5.82 Å². The smallest absolute Gasteiger partial charge is 0.258 e. The summed E-state index contributed by atoms with van der Waals surface area (Å²) in [5, 5.41) is 13.1. The minimum absolute atomic E-state index is 0.0762. The van der Waals surface area contributed by atoms with Crippen LogP contribution >= 0.6 is 11.8 Å². The number of nitrogens with zero attached hydrogens (tertiary/aromatic N) is 5. The van der Waals surface area contributed by atoms with E-state index in [0.29, 0.717) is 30.1 Å². The standard InChI is InChI=1S/C18H21N7O3S/c1-11-5-3-4-6-12(11)20-17-22-13(21-16(19)24-17)10-29-18-23-14(26)9-15(27)25(18)7-8-28-2/h3-6,9,26H,7-8,10H2,1-2H3,(H3,19,20,21,22,24). The number of hydrogen-bond acceptors (Lipinski definition) is 10. The average molecular weight is 415 g/mol. The van der Waals surface area contributed by atoms with Crippen molar-refractivity contribution in [3.05, 3.63) is 52.1 Å². The maximum Gasteiger partial charge on any atom is 0.258 e. The molecule has 1 aromatic carbocycles. The van der Waals surface area contributed by atoms with Crippen LogP contribution in [0.3, 0.4) is 0 Å². The third-order valence-electron chi connectivity index (χ3n) is 3.90. The molecule has 10 nitrogen and oxygen atoms in total. The van der Waals surface area contributed by atoms with E-state index in [4.69, 9.17) is 10.5 Å². The Kier molecular flexibility index (Phi) is 6.62. The van der Waals surface area contributed by atoms with Crippen molar-refractivity contribution in [3.63, 3.8) is 0 Å². The Hall–Kier alpha value is -3.18. The van der Waals surface area contributed by atoms with Gasteiger partial charge in [-0.05, 0) is 18.6 Å². The molecule has 0 radical (unpaired) electrons. The summed E-state index contributed by atoms with van der Waals surface area (Å²) in [5.41, 5.74) is 7.36. The molecule has 3 rings (SSSR count). The molecular weight excluding hydrogens is 394 g/mol. The summed E-state index contributed by atoms with van der Waals surface area (Å²) < 4.78 is 6.45. The van der Waals surface area contributed by atoms with Gasteiger partial charge >= 0.3 is 0 Å². The zero-order valence-corrected chi connectivity index (χ0v) is 16.8. The third-order valence-corrected chi connectivity index (χ3v) is 4.87. The van der Waals surface area contributed by atoms with E-state index in [-0.39, 0.29) is 23.1 Å². The fraction of sp³-hybridized carbons (Fsp3) is 0.278. The van der Waals surface area contributed by atoms with Gasteiger partial charge in [-0.15, -0.1) is 0 Å². The van der Waals surface area contributed by atoms with Crippen LogP contribution < -0.4 is 16.6 Å². The molecule has 152 valence electrons. The Morgan fingerprint density at radius 3 is 2.79 bits per heavy atom. The zero-order chi connectivity index (χ0) is 20.8. The molecule has 0 saturated carbocycles. The lowest BCUT2D eigenvalue weighted by Crippen LogP contribution is -2.24. The molecule has 29 heavy (non-hydrogen) atoms. The number of rotatable bonds is 8. The van der Waals surface area contributed by atoms with Crippen LogP contribution in [-0.2, 0) is 17.0 Å². The minimum Gasteiger partial charge on any atom is -0.493 e. The van der Waals surface area contributed by atoms with E-state index in [1.54, 1.807) is 7.11 Å². The molecule has 0 aliphatic heterocycles. The second-order valence-electron chi connectivity index (χ2n) is 6.04. The molecule has 2 aromatic heterocycles. The van der Waals surface area contributed by atoms with Crippen molar-refractivity contribution in [2.24, 2.45) is 0 Å². The Morgan fingerprint density at radius 2 is 2.03 bits per heavy atom. The number of thioether (sulfide) groups is 1. The lowest BCUT2D eigenvalue weighted by atomic mass is 10.2. The second kappa shape index (κ2) is 9.34. The number of hydrogen-bond donors (Lipinski definition) is 3. The van der Waals surface area contributed by atoms with E-state index in [1.165, 1.54) is 16.3 Å². The van der Waals surface area contributed by atoms with Crippen molar-refractivity contribution in [2.75, 3.05) is 24.8 Å². The Bertz CT molecular complexity index is 1060. The Labute approximate surface area is 171 Å². The van der Waals surface area contributed by atoms with Gasteiger partial charge in [0, 0.05) is 12.8 Å². The highest BCUT2D eigenvalue weighted by Gasteiger charge is 2.12. The predicted octanol–water partition coefficient (Wildman–Crippen LogP) is 1.71. The molecule has 0 spiro atoms. The van der Waals surface area contributed by atoms with Gasteiger partial charge in [0.05, 0.1) is 25.0 Å². The molecule has 0 aliphatic carbocycles. The number of aromatic hydroxyl groups is 1. The monoisotopic (exact) mass is 415 g/mol. The number of methoxy groups -OCH3 is 1. The van der Waals surface area contributed by atoms with Gasteiger partial charge in [0.2, 0.25) is 17.8 Å². The number of anilines is 3. The number of aryl methyl sites for hydroxylation is 1. The molecule has 0 atom stereocenters. The fourth-order valence-corrected chi connectivity index (χ4v) is 3.38. The van der Waals surface area contributed by atoms with Crippen molar-refractivity contribution >= 4 is 29.3 Å². The van der Waals surface area contributed by atoms with Gasteiger partial charge in [-0.1, -0.05) is 30.0 Å². The van der Waals surface area contributed by atoms with Crippen molar-refractivity contribution in [2.45, 2.75) is 24.4 Å². The van der Waals surface area contributed by atoms with Gasteiger partial charge < -0.3 is 20.9 Å². The molecule has 0 fully saturated rings. The summed E-state index contributed by atoms with van der Waals surface area (Å²) in [5.74, 6) is 0.742. The topological polar surface area (TPSA) is 141 Å². The number of aromatic nitrogens is 5. The van der Waals surface area contributed by atoms with Gasteiger partial charge in [0.15, 0.2) is 5.16 Å². The van der Waals surface area contributed by atoms with Gasteiger partial charge in [-0.2, -0.15) is 19.9 Å². The number of nitrogen functional groups attached to an aromatic ring is 1. The normalized spacial score (nSPS) is 10.8. The highest BCUT2D eigenvalue weighted by molar-refractivity contribution is 7.98. The molecule has 3 aromatic rings. The van der Waals surface area contributed by atoms with E-state index in [0.717, 1.165) is 17.3 Å². The van der Waals surface area contributed by atoms with Crippen LogP contribution in [0.2, 0.25) is 0 Å². The Morgan fingerprint density at radius 1 is 1.24 bits per heavy atom. The quantitative estimate of drug-likeness (QED) is 0.368. The molecule has 0 saturated heterocycles. The first-order chi connectivity index (χ1) is 14.0. The molecule has 2 heterocycles. The molecule has 0 bridgehead atoms. The van der Waals surface area contributed by atoms with Gasteiger partial charge in [0.25, 0.3) is 5.56 Å². The van der Waals surface area contributed by atoms with E-state index >= 15 is 0 Å². The lowest BCUT2D eigenvalue weighted by Gasteiger charge is -2.12. The molecular formula is C18H21N7O3S. The highest BCUT2D eigenvalue weighted by Crippen LogP contribution is 2.22. The van der Waals surface area contributed by atoms with Crippen LogP contribution in [0.1, 0.15) is 11.4 Å². The average Bonchev–Trinajstić information content (AvgIpc) is 2.67. The zero-order valence-electron chi connectivity index (χ0n) is 16.0. The van der Waals surface area contributed by atoms with Gasteiger partial charge in [-0.25, -0.2) is 0 Å². The van der Waals surface area contributed by atoms with Crippen LogP contribution in [0.5, 0.6) is 5.88 Å². The number of benzene rings is 1. The first-order valence-electron chi connectivity index (χ1n) is 8.72. The van der Waals surface area contributed by atoms with Crippen molar-refractivity contribution < 1.29 is 9.84 Å². The Balaban J connectivity index is 1.80. The summed E-state index contributed by atoms with van der Waals surface area (Å²) >= 11 is 1.21. The molecule has 0 aliphatic rings. The predicted molar refractivity (Wildman–Crippen MR) is 110 cm³/mol.